The molecule has 0 atom stereocenters. The number of hydrogen-bond acceptors (Lipinski definition) is 1. The van der Waals surface area contributed by atoms with Gasteiger partial charge in [0.15, 0.2) is 0 Å². The standard InChI is InChI=1S/C12H13F3O2/c13-12(14,15)10-7-3-1-5-9(10)6-2-4-8-11(16)17/h1,3,5,7H,2,4,6,8H2,(H,16,17). The number of carbonyl (C=O) groups is 1. The second-order valence-corrected chi connectivity index (χ2v) is 3.76. The summed E-state index contributed by atoms with van der Waals surface area (Å²) in [5.41, 5.74) is -0.402. The first kappa shape index (κ1) is 13.5. The van der Waals surface area contributed by atoms with Crippen LogP contribution in [0.3, 0.4) is 0 Å². The van der Waals surface area contributed by atoms with E-state index in [1.165, 1.54) is 12.1 Å². The Morgan fingerprint density at radius 3 is 2.41 bits per heavy atom. The molecule has 0 heterocycles. The summed E-state index contributed by atoms with van der Waals surface area (Å²) in [5, 5.41) is 8.41. The molecule has 0 aliphatic carbocycles. The molecule has 0 aliphatic heterocycles. The molecule has 17 heavy (non-hydrogen) atoms. The minimum Gasteiger partial charge on any atom is -0.481 e. The molecular weight excluding hydrogens is 233 g/mol. The number of carboxylic acid groups (broad SMARTS) is 1. The molecule has 1 rings (SSSR count). The molecule has 0 aliphatic rings. The van der Waals surface area contributed by atoms with E-state index in [-0.39, 0.29) is 18.4 Å². The lowest BCUT2D eigenvalue weighted by Gasteiger charge is -2.12. The fourth-order valence-electron chi connectivity index (χ4n) is 1.61. The fourth-order valence-corrected chi connectivity index (χ4v) is 1.61. The second kappa shape index (κ2) is 5.70. The van der Waals surface area contributed by atoms with Crippen molar-refractivity contribution in [1.29, 1.82) is 0 Å². The molecule has 94 valence electrons. The van der Waals surface area contributed by atoms with Crippen molar-refractivity contribution in [3.8, 4) is 0 Å². The lowest BCUT2D eigenvalue weighted by Crippen LogP contribution is -2.09. The molecule has 2 nitrogen and oxygen atoms in total. The summed E-state index contributed by atoms with van der Waals surface area (Å²) in [5.74, 6) is -0.922. The first-order valence-corrected chi connectivity index (χ1v) is 5.28. The van der Waals surface area contributed by atoms with Crippen LogP contribution in [0.25, 0.3) is 0 Å². The highest BCUT2D eigenvalue weighted by molar-refractivity contribution is 5.66. The maximum absolute atomic E-state index is 12.6. The van der Waals surface area contributed by atoms with Crippen molar-refractivity contribution >= 4 is 5.97 Å². The lowest BCUT2D eigenvalue weighted by atomic mass is 10.0. The van der Waals surface area contributed by atoms with E-state index in [9.17, 15) is 18.0 Å². The van der Waals surface area contributed by atoms with E-state index in [2.05, 4.69) is 0 Å². The number of aryl methyl sites for hydroxylation is 1. The largest absolute Gasteiger partial charge is 0.481 e. The first-order chi connectivity index (χ1) is 7.91. The predicted molar refractivity (Wildman–Crippen MR) is 56.6 cm³/mol. The Labute approximate surface area is 97.1 Å². The number of carboxylic acids is 1. The molecule has 1 N–H and O–H groups in total. The summed E-state index contributed by atoms with van der Waals surface area (Å²) in [6, 6.07) is 5.39. The number of halogens is 3. The number of rotatable bonds is 5. The third-order valence-corrected chi connectivity index (χ3v) is 2.41. The molecule has 0 radical (unpaired) electrons. The summed E-state index contributed by atoms with van der Waals surface area (Å²) in [6.07, 6.45) is -3.26. The van der Waals surface area contributed by atoms with Crippen LogP contribution in [0.2, 0.25) is 0 Å². The minimum absolute atomic E-state index is 0.00577. The molecule has 1 aromatic rings. The van der Waals surface area contributed by atoms with Crippen molar-refractivity contribution in [3.05, 3.63) is 35.4 Å². The molecule has 1 aromatic carbocycles. The van der Waals surface area contributed by atoms with Crippen LogP contribution in [-0.2, 0) is 17.4 Å². The Hall–Kier alpha value is -1.52. The van der Waals surface area contributed by atoms with Crippen LogP contribution in [0.1, 0.15) is 30.4 Å². The zero-order valence-electron chi connectivity index (χ0n) is 9.13. The van der Waals surface area contributed by atoms with Gasteiger partial charge in [-0.25, -0.2) is 0 Å². The van der Waals surface area contributed by atoms with E-state index >= 15 is 0 Å². The molecule has 0 amide bonds. The van der Waals surface area contributed by atoms with E-state index in [0.717, 1.165) is 6.07 Å². The van der Waals surface area contributed by atoms with Gasteiger partial charge in [0.2, 0.25) is 0 Å². The highest BCUT2D eigenvalue weighted by atomic mass is 19.4. The van der Waals surface area contributed by atoms with Crippen LogP contribution in [0, 0.1) is 0 Å². The van der Waals surface area contributed by atoms with Crippen molar-refractivity contribution < 1.29 is 23.1 Å². The summed E-state index contributed by atoms with van der Waals surface area (Å²) in [4.78, 5) is 10.3. The van der Waals surface area contributed by atoms with Gasteiger partial charge in [-0.3, -0.25) is 4.79 Å². The topological polar surface area (TPSA) is 37.3 Å². The van der Waals surface area contributed by atoms with Crippen molar-refractivity contribution in [2.75, 3.05) is 0 Å². The van der Waals surface area contributed by atoms with E-state index in [1.807, 2.05) is 0 Å². The molecule has 0 bridgehead atoms. The fraction of sp³-hybridized carbons (Fsp3) is 0.417. The number of hydrogen-bond donors (Lipinski definition) is 1. The van der Waals surface area contributed by atoms with Crippen LogP contribution in [0.5, 0.6) is 0 Å². The molecule has 0 spiro atoms. The summed E-state index contributed by atoms with van der Waals surface area (Å²) < 4.78 is 37.8. The highest BCUT2D eigenvalue weighted by Crippen LogP contribution is 2.32. The lowest BCUT2D eigenvalue weighted by molar-refractivity contribution is -0.139. The Morgan fingerprint density at radius 2 is 1.82 bits per heavy atom. The van der Waals surface area contributed by atoms with Gasteiger partial charge in [-0.2, -0.15) is 13.2 Å². The van der Waals surface area contributed by atoms with Gasteiger partial charge in [0.05, 0.1) is 5.56 Å². The van der Waals surface area contributed by atoms with Crippen LogP contribution in [0.15, 0.2) is 24.3 Å². The quantitative estimate of drug-likeness (QED) is 0.807. The van der Waals surface area contributed by atoms with E-state index in [1.54, 1.807) is 6.07 Å². The van der Waals surface area contributed by atoms with Crippen LogP contribution >= 0.6 is 0 Å². The zero-order valence-corrected chi connectivity index (χ0v) is 9.13. The van der Waals surface area contributed by atoms with E-state index in [0.29, 0.717) is 12.8 Å². The molecule has 0 fully saturated rings. The number of alkyl halides is 3. The van der Waals surface area contributed by atoms with E-state index in [4.69, 9.17) is 5.11 Å². The average Bonchev–Trinajstić information content (AvgIpc) is 2.23. The molecule has 5 heteroatoms. The molecular formula is C12H13F3O2. The Balaban J connectivity index is 2.62. The van der Waals surface area contributed by atoms with Crippen LogP contribution < -0.4 is 0 Å². The van der Waals surface area contributed by atoms with Gasteiger partial charge in [-0.1, -0.05) is 18.2 Å². The van der Waals surface area contributed by atoms with Gasteiger partial charge in [-0.15, -0.1) is 0 Å². The molecule has 0 aromatic heterocycles. The summed E-state index contributed by atoms with van der Waals surface area (Å²) >= 11 is 0. The Kier molecular flexibility index (Phi) is 4.54. The smallest absolute Gasteiger partial charge is 0.416 e. The summed E-state index contributed by atoms with van der Waals surface area (Å²) in [6.45, 7) is 0. The van der Waals surface area contributed by atoms with Gasteiger partial charge < -0.3 is 5.11 Å². The van der Waals surface area contributed by atoms with Crippen LogP contribution in [0.4, 0.5) is 13.2 Å². The van der Waals surface area contributed by atoms with Crippen LogP contribution in [-0.4, -0.2) is 11.1 Å². The molecule has 0 unspecified atom stereocenters. The maximum Gasteiger partial charge on any atom is 0.416 e. The normalized spacial score (nSPS) is 11.5. The van der Waals surface area contributed by atoms with Gasteiger partial charge in [0.25, 0.3) is 0 Å². The Morgan fingerprint density at radius 1 is 1.18 bits per heavy atom. The van der Waals surface area contributed by atoms with Gasteiger partial charge in [0.1, 0.15) is 0 Å². The Bertz CT molecular complexity index is 386. The highest BCUT2D eigenvalue weighted by Gasteiger charge is 2.32. The maximum atomic E-state index is 12.6. The number of aliphatic carboxylic acids is 1. The van der Waals surface area contributed by atoms with Crippen molar-refractivity contribution in [2.45, 2.75) is 31.9 Å². The van der Waals surface area contributed by atoms with Gasteiger partial charge >= 0.3 is 12.1 Å². The second-order valence-electron chi connectivity index (χ2n) is 3.76. The zero-order chi connectivity index (χ0) is 12.9. The monoisotopic (exact) mass is 246 g/mol. The summed E-state index contributed by atoms with van der Waals surface area (Å²) in [7, 11) is 0. The average molecular weight is 246 g/mol. The third kappa shape index (κ3) is 4.46. The third-order valence-electron chi connectivity index (χ3n) is 2.41. The minimum atomic E-state index is -4.34. The number of unbranched alkanes of at least 4 members (excludes halogenated alkanes) is 1. The SMILES string of the molecule is O=C(O)CCCCc1ccccc1C(F)(F)F. The van der Waals surface area contributed by atoms with Gasteiger partial charge in [0, 0.05) is 6.42 Å². The first-order valence-electron chi connectivity index (χ1n) is 5.28. The predicted octanol–water partition coefficient (Wildman–Crippen LogP) is 3.50. The van der Waals surface area contributed by atoms with Crippen molar-refractivity contribution in [2.24, 2.45) is 0 Å². The molecule has 0 saturated heterocycles. The van der Waals surface area contributed by atoms with E-state index < -0.39 is 17.7 Å². The number of benzene rings is 1. The van der Waals surface area contributed by atoms with Gasteiger partial charge in [-0.05, 0) is 30.9 Å². The van der Waals surface area contributed by atoms with Crippen molar-refractivity contribution in [3.63, 3.8) is 0 Å². The van der Waals surface area contributed by atoms with Crippen molar-refractivity contribution in [1.82, 2.24) is 0 Å². The molecule has 0 saturated carbocycles.